The van der Waals surface area contributed by atoms with Gasteiger partial charge in [-0.1, -0.05) is 28.1 Å². The van der Waals surface area contributed by atoms with Gasteiger partial charge in [-0.25, -0.2) is 4.39 Å². The van der Waals surface area contributed by atoms with Crippen molar-refractivity contribution >= 4 is 33.4 Å². The van der Waals surface area contributed by atoms with Gasteiger partial charge in [0.1, 0.15) is 18.1 Å². The normalized spacial score (nSPS) is 13.2. The summed E-state index contributed by atoms with van der Waals surface area (Å²) < 4.78 is 20.0. The SMILES string of the molecule is CN(Cc1cc(Br)ccc1F)C(=O)CN1C(=O)COc2ccccc21. The highest BCUT2D eigenvalue weighted by molar-refractivity contribution is 9.10. The lowest BCUT2D eigenvalue weighted by atomic mass is 10.2. The summed E-state index contributed by atoms with van der Waals surface area (Å²) in [5.74, 6) is -0.384. The van der Waals surface area contributed by atoms with Crippen LogP contribution < -0.4 is 9.64 Å². The van der Waals surface area contributed by atoms with Gasteiger partial charge in [-0.15, -0.1) is 0 Å². The van der Waals surface area contributed by atoms with Gasteiger partial charge in [0.25, 0.3) is 5.91 Å². The van der Waals surface area contributed by atoms with E-state index in [4.69, 9.17) is 4.74 Å². The maximum atomic E-state index is 13.9. The third-order valence-electron chi connectivity index (χ3n) is 3.94. The van der Waals surface area contributed by atoms with Crippen molar-refractivity contribution in [1.82, 2.24) is 4.90 Å². The van der Waals surface area contributed by atoms with Crippen LogP contribution in [-0.2, 0) is 16.1 Å². The van der Waals surface area contributed by atoms with E-state index in [1.807, 2.05) is 0 Å². The Labute approximate surface area is 153 Å². The number of carbonyl (C=O) groups is 2. The molecule has 130 valence electrons. The van der Waals surface area contributed by atoms with Gasteiger partial charge >= 0.3 is 0 Å². The van der Waals surface area contributed by atoms with E-state index in [0.29, 0.717) is 17.0 Å². The van der Waals surface area contributed by atoms with E-state index in [-0.39, 0.29) is 37.3 Å². The first-order chi connectivity index (χ1) is 12.0. The topological polar surface area (TPSA) is 49.9 Å². The zero-order chi connectivity index (χ0) is 18.0. The Balaban J connectivity index is 1.73. The van der Waals surface area contributed by atoms with Crippen LogP contribution in [0.15, 0.2) is 46.9 Å². The van der Waals surface area contributed by atoms with Gasteiger partial charge in [-0.3, -0.25) is 14.5 Å². The minimum absolute atomic E-state index is 0.103. The molecular formula is C18H16BrFN2O3. The Morgan fingerprint density at radius 3 is 2.88 bits per heavy atom. The summed E-state index contributed by atoms with van der Waals surface area (Å²) in [4.78, 5) is 27.5. The Morgan fingerprint density at radius 1 is 1.32 bits per heavy atom. The largest absolute Gasteiger partial charge is 0.482 e. The summed E-state index contributed by atoms with van der Waals surface area (Å²) in [6.45, 7) is -0.107. The molecule has 7 heteroatoms. The first-order valence-electron chi connectivity index (χ1n) is 7.66. The molecule has 2 aromatic rings. The fourth-order valence-electron chi connectivity index (χ4n) is 2.59. The monoisotopic (exact) mass is 406 g/mol. The highest BCUT2D eigenvalue weighted by atomic mass is 79.9. The van der Waals surface area contributed by atoms with Crippen molar-refractivity contribution in [3.63, 3.8) is 0 Å². The number of likely N-dealkylation sites (N-methyl/N-ethyl adjacent to an activating group) is 1. The maximum Gasteiger partial charge on any atom is 0.265 e. The molecule has 0 aliphatic carbocycles. The standard InChI is InChI=1S/C18H16BrFN2O3/c1-21(9-12-8-13(19)6-7-14(12)20)17(23)10-22-15-4-2-3-5-16(15)25-11-18(22)24/h2-8H,9-11H2,1H3. The Bertz CT molecular complexity index is 828. The summed E-state index contributed by atoms with van der Waals surface area (Å²) in [6, 6.07) is 11.6. The van der Waals surface area contributed by atoms with Crippen molar-refractivity contribution in [3.05, 3.63) is 58.3 Å². The fraction of sp³-hybridized carbons (Fsp3) is 0.222. The molecule has 0 saturated carbocycles. The van der Waals surface area contributed by atoms with E-state index in [1.165, 1.54) is 15.9 Å². The number of halogens is 2. The molecule has 0 bridgehead atoms. The molecule has 1 heterocycles. The maximum absolute atomic E-state index is 13.9. The first kappa shape index (κ1) is 17.4. The lowest BCUT2D eigenvalue weighted by Crippen LogP contribution is -2.45. The summed E-state index contributed by atoms with van der Waals surface area (Å²) in [5, 5.41) is 0. The lowest BCUT2D eigenvalue weighted by Gasteiger charge is -2.30. The van der Waals surface area contributed by atoms with Crippen LogP contribution in [0.5, 0.6) is 5.75 Å². The van der Waals surface area contributed by atoms with Crippen LogP contribution in [0.3, 0.4) is 0 Å². The number of amides is 2. The number of anilines is 1. The second kappa shape index (κ2) is 7.23. The number of hydrogen-bond donors (Lipinski definition) is 0. The zero-order valence-electron chi connectivity index (χ0n) is 13.5. The van der Waals surface area contributed by atoms with E-state index < -0.39 is 0 Å². The smallest absolute Gasteiger partial charge is 0.265 e. The molecule has 0 fully saturated rings. The number of benzene rings is 2. The minimum Gasteiger partial charge on any atom is -0.482 e. The number of hydrogen-bond acceptors (Lipinski definition) is 3. The van der Waals surface area contributed by atoms with E-state index in [2.05, 4.69) is 15.9 Å². The Kier molecular flexibility index (Phi) is 5.03. The predicted molar refractivity (Wildman–Crippen MR) is 94.9 cm³/mol. The van der Waals surface area contributed by atoms with Crippen molar-refractivity contribution in [2.75, 3.05) is 25.1 Å². The number of fused-ring (bicyclic) bond motifs is 1. The molecule has 2 amide bonds. The van der Waals surface area contributed by atoms with Gasteiger partial charge in [-0.2, -0.15) is 0 Å². The van der Waals surface area contributed by atoms with Gasteiger partial charge in [0.05, 0.1) is 5.69 Å². The van der Waals surface area contributed by atoms with Crippen LogP contribution in [0.4, 0.5) is 10.1 Å². The van der Waals surface area contributed by atoms with Crippen molar-refractivity contribution in [2.45, 2.75) is 6.54 Å². The van der Waals surface area contributed by atoms with E-state index in [1.54, 1.807) is 43.4 Å². The summed E-state index contributed by atoms with van der Waals surface area (Å²) >= 11 is 3.29. The number of rotatable bonds is 4. The predicted octanol–water partition coefficient (Wildman–Crippen LogP) is 2.97. The molecule has 1 aliphatic heterocycles. The van der Waals surface area contributed by atoms with Crippen LogP contribution in [0.25, 0.3) is 0 Å². The van der Waals surface area contributed by atoms with Gasteiger partial charge in [-0.05, 0) is 30.3 Å². The summed E-state index contributed by atoms with van der Waals surface area (Å²) in [7, 11) is 1.58. The molecule has 3 rings (SSSR count). The third kappa shape index (κ3) is 3.82. The number of para-hydroxylation sites is 2. The van der Waals surface area contributed by atoms with Gasteiger partial charge in [0.2, 0.25) is 5.91 Å². The van der Waals surface area contributed by atoms with E-state index in [0.717, 1.165) is 4.47 Å². The molecule has 0 spiro atoms. The van der Waals surface area contributed by atoms with Crippen LogP contribution in [0.1, 0.15) is 5.56 Å². The Hall–Kier alpha value is -2.41. The molecule has 2 aromatic carbocycles. The summed E-state index contributed by atoms with van der Waals surface area (Å²) in [6.07, 6.45) is 0. The number of nitrogens with zero attached hydrogens (tertiary/aromatic N) is 2. The molecular weight excluding hydrogens is 391 g/mol. The average molecular weight is 407 g/mol. The second-order valence-corrected chi connectivity index (χ2v) is 6.64. The Morgan fingerprint density at radius 2 is 2.08 bits per heavy atom. The van der Waals surface area contributed by atoms with Crippen LogP contribution in [-0.4, -0.2) is 36.9 Å². The number of carbonyl (C=O) groups excluding carboxylic acids is 2. The molecule has 25 heavy (non-hydrogen) atoms. The van der Waals surface area contributed by atoms with Crippen LogP contribution >= 0.6 is 15.9 Å². The third-order valence-corrected chi connectivity index (χ3v) is 4.44. The molecule has 0 aromatic heterocycles. The van der Waals surface area contributed by atoms with Gasteiger partial charge in [0.15, 0.2) is 6.61 Å². The minimum atomic E-state index is -0.379. The quantitative estimate of drug-likeness (QED) is 0.783. The molecule has 0 N–H and O–H groups in total. The molecule has 1 aliphatic rings. The molecule has 0 unspecified atom stereocenters. The first-order valence-corrected chi connectivity index (χ1v) is 8.45. The van der Waals surface area contributed by atoms with Crippen LogP contribution in [0.2, 0.25) is 0 Å². The molecule has 0 saturated heterocycles. The van der Waals surface area contributed by atoms with Gasteiger partial charge < -0.3 is 9.64 Å². The molecule has 0 radical (unpaired) electrons. The lowest BCUT2D eigenvalue weighted by molar-refractivity contribution is -0.131. The van der Waals surface area contributed by atoms with Crippen molar-refractivity contribution in [2.24, 2.45) is 0 Å². The average Bonchev–Trinajstić information content (AvgIpc) is 2.60. The van der Waals surface area contributed by atoms with Crippen LogP contribution in [0, 0.1) is 5.82 Å². The van der Waals surface area contributed by atoms with Crippen molar-refractivity contribution < 1.29 is 18.7 Å². The summed E-state index contributed by atoms with van der Waals surface area (Å²) in [5.41, 5.74) is 0.966. The van der Waals surface area contributed by atoms with Gasteiger partial charge in [0, 0.05) is 23.6 Å². The highest BCUT2D eigenvalue weighted by Crippen LogP contribution is 2.31. The van der Waals surface area contributed by atoms with E-state index >= 15 is 0 Å². The fourth-order valence-corrected chi connectivity index (χ4v) is 3.00. The molecule has 5 nitrogen and oxygen atoms in total. The molecule has 0 atom stereocenters. The zero-order valence-corrected chi connectivity index (χ0v) is 15.1. The van der Waals surface area contributed by atoms with Crippen molar-refractivity contribution in [3.8, 4) is 5.75 Å². The highest BCUT2D eigenvalue weighted by Gasteiger charge is 2.28. The number of ether oxygens (including phenoxy) is 1. The second-order valence-electron chi connectivity index (χ2n) is 5.72. The van der Waals surface area contributed by atoms with E-state index in [9.17, 15) is 14.0 Å². The van der Waals surface area contributed by atoms with Crippen molar-refractivity contribution in [1.29, 1.82) is 0 Å².